The van der Waals surface area contributed by atoms with Crippen molar-refractivity contribution in [2.75, 3.05) is 25.0 Å². The standard InChI is InChI=1S/C12H21N5OS/c1-8(2)17-6-5-16(7-9(17)3)12(18)13-11-15-14-10(4)19-11/h8-9H,5-7H2,1-4H3,(H,13,15,18)/t9-/m1/s1. The van der Waals surface area contributed by atoms with Crippen LogP contribution in [-0.2, 0) is 0 Å². The van der Waals surface area contributed by atoms with Crippen LogP contribution in [0.2, 0.25) is 0 Å². The average Bonchev–Trinajstić information content (AvgIpc) is 2.74. The lowest BCUT2D eigenvalue weighted by molar-refractivity contribution is 0.0789. The lowest BCUT2D eigenvalue weighted by atomic mass is 10.1. The molecule has 6 nitrogen and oxygen atoms in total. The monoisotopic (exact) mass is 283 g/mol. The number of piperazine rings is 1. The fourth-order valence-corrected chi connectivity index (χ4v) is 3.02. The van der Waals surface area contributed by atoms with Gasteiger partial charge in [0.25, 0.3) is 0 Å². The van der Waals surface area contributed by atoms with E-state index in [-0.39, 0.29) is 6.03 Å². The first-order valence-electron chi connectivity index (χ1n) is 6.59. The Kier molecular flexibility index (Phi) is 4.36. The van der Waals surface area contributed by atoms with E-state index in [9.17, 15) is 4.79 Å². The summed E-state index contributed by atoms with van der Waals surface area (Å²) in [5.74, 6) is 0. The number of anilines is 1. The van der Waals surface area contributed by atoms with Crippen LogP contribution in [0.3, 0.4) is 0 Å². The number of rotatable bonds is 2. The lowest BCUT2D eigenvalue weighted by Crippen LogP contribution is -2.56. The second-order valence-electron chi connectivity index (χ2n) is 5.18. The van der Waals surface area contributed by atoms with Crippen molar-refractivity contribution >= 4 is 22.5 Å². The molecule has 2 rings (SSSR count). The van der Waals surface area contributed by atoms with Gasteiger partial charge in [-0.3, -0.25) is 10.2 Å². The third-order valence-corrected chi connectivity index (χ3v) is 4.12. The smallest absolute Gasteiger partial charge is 0.322 e. The van der Waals surface area contributed by atoms with E-state index in [1.165, 1.54) is 11.3 Å². The van der Waals surface area contributed by atoms with Crippen LogP contribution in [0.1, 0.15) is 25.8 Å². The average molecular weight is 283 g/mol. The van der Waals surface area contributed by atoms with Crippen LogP contribution in [0.4, 0.5) is 9.93 Å². The molecule has 0 radical (unpaired) electrons. The van der Waals surface area contributed by atoms with Gasteiger partial charge in [0.2, 0.25) is 5.13 Å². The molecule has 1 aromatic heterocycles. The molecule has 2 amide bonds. The Morgan fingerprint density at radius 3 is 2.68 bits per heavy atom. The summed E-state index contributed by atoms with van der Waals surface area (Å²) in [6.45, 7) is 10.8. The zero-order chi connectivity index (χ0) is 14.0. The van der Waals surface area contributed by atoms with Gasteiger partial charge in [0, 0.05) is 31.7 Å². The Balaban J connectivity index is 1.91. The lowest BCUT2D eigenvalue weighted by Gasteiger charge is -2.41. The van der Waals surface area contributed by atoms with Gasteiger partial charge < -0.3 is 4.90 Å². The Labute approximate surface area is 117 Å². The summed E-state index contributed by atoms with van der Waals surface area (Å²) in [5, 5.41) is 12.0. The third kappa shape index (κ3) is 3.42. The second-order valence-corrected chi connectivity index (χ2v) is 6.36. The zero-order valence-electron chi connectivity index (χ0n) is 11.9. The number of amides is 2. The van der Waals surface area contributed by atoms with Crippen LogP contribution in [0.5, 0.6) is 0 Å². The van der Waals surface area contributed by atoms with Crippen LogP contribution in [0, 0.1) is 6.92 Å². The molecule has 0 aromatic carbocycles. The van der Waals surface area contributed by atoms with E-state index < -0.39 is 0 Å². The summed E-state index contributed by atoms with van der Waals surface area (Å²) in [5.41, 5.74) is 0. The van der Waals surface area contributed by atoms with E-state index in [1.54, 1.807) is 0 Å². The minimum absolute atomic E-state index is 0.0774. The molecule has 1 aliphatic rings. The van der Waals surface area contributed by atoms with E-state index in [1.807, 2.05) is 11.8 Å². The largest absolute Gasteiger partial charge is 0.323 e. The summed E-state index contributed by atoms with van der Waals surface area (Å²) in [6.07, 6.45) is 0. The zero-order valence-corrected chi connectivity index (χ0v) is 12.7. The van der Waals surface area contributed by atoms with Gasteiger partial charge >= 0.3 is 6.03 Å². The maximum Gasteiger partial charge on any atom is 0.323 e. The van der Waals surface area contributed by atoms with Gasteiger partial charge in [0.1, 0.15) is 5.01 Å². The quantitative estimate of drug-likeness (QED) is 0.899. The number of nitrogens with one attached hydrogen (secondary N) is 1. The fraction of sp³-hybridized carbons (Fsp3) is 0.750. The van der Waals surface area contributed by atoms with Crippen molar-refractivity contribution in [2.45, 2.75) is 39.8 Å². The molecular weight excluding hydrogens is 262 g/mol. The normalized spacial score (nSPS) is 20.9. The number of hydrogen-bond acceptors (Lipinski definition) is 5. The third-order valence-electron chi connectivity index (χ3n) is 3.37. The maximum absolute atomic E-state index is 12.1. The van der Waals surface area contributed by atoms with Crippen molar-refractivity contribution in [3.8, 4) is 0 Å². The number of hydrogen-bond donors (Lipinski definition) is 1. The van der Waals surface area contributed by atoms with Crippen LogP contribution in [0.25, 0.3) is 0 Å². The highest BCUT2D eigenvalue weighted by molar-refractivity contribution is 7.15. The van der Waals surface area contributed by atoms with Gasteiger partial charge in [-0.25, -0.2) is 4.79 Å². The first-order chi connectivity index (χ1) is 8.97. The van der Waals surface area contributed by atoms with Gasteiger partial charge in [-0.1, -0.05) is 11.3 Å². The molecule has 1 N–H and O–H groups in total. The van der Waals surface area contributed by atoms with E-state index in [2.05, 4.69) is 41.2 Å². The van der Waals surface area contributed by atoms with Gasteiger partial charge in [0.05, 0.1) is 0 Å². The topological polar surface area (TPSA) is 61.4 Å². The highest BCUT2D eigenvalue weighted by Crippen LogP contribution is 2.17. The van der Waals surface area contributed by atoms with Crippen molar-refractivity contribution in [2.24, 2.45) is 0 Å². The summed E-state index contributed by atoms with van der Waals surface area (Å²) < 4.78 is 0. The SMILES string of the molecule is Cc1nnc(NC(=O)N2CCN(C(C)C)[C@H](C)C2)s1. The van der Waals surface area contributed by atoms with Crippen LogP contribution < -0.4 is 5.32 Å². The summed E-state index contributed by atoms with van der Waals surface area (Å²) in [6, 6.07) is 0.827. The molecule has 1 atom stereocenters. The number of urea groups is 1. The van der Waals surface area contributed by atoms with Crippen LogP contribution in [-0.4, -0.2) is 57.7 Å². The molecule has 1 saturated heterocycles. The van der Waals surface area contributed by atoms with Gasteiger partial charge in [-0.15, -0.1) is 10.2 Å². The Morgan fingerprint density at radius 2 is 2.16 bits per heavy atom. The molecule has 1 fully saturated rings. The Morgan fingerprint density at radius 1 is 1.42 bits per heavy atom. The van der Waals surface area contributed by atoms with E-state index >= 15 is 0 Å². The molecule has 0 bridgehead atoms. The number of aryl methyl sites for hydroxylation is 1. The Bertz CT molecular complexity index is 447. The maximum atomic E-state index is 12.1. The highest BCUT2D eigenvalue weighted by atomic mass is 32.1. The number of carbonyl (C=O) groups is 1. The van der Waals surface area contributed by atoms with Crippen molar-refractivity contribution in [1.29, 1.82) is 0 Å². The molecule has 0 saturated carbocycles. The molecule has 106 valence electrons. The molecule has 0 spiro atoms. The molecule has 1 aromatic rings. The van der Waals surface area contributed by atoms with Gasteiger partial charge in [-0.2, -0.15) is 0 Å². The minimum Gasteiger partial charge on any atom is -0.322 e. The van der Waals surface area contributed by atoms with Crippen molar-refractivity contribution < 1.29 is 4.79 Å². The summed E-state index contributed by atoms with van der Waals surface area (Å²) in [4.78, 5) is 16.4. The van der Waals surface area contributed by atoms with E-state index in [0.29, 0.717) is 17.2 Å². The Hall–Kier alpha value is -1.21. The van der Waals surface area contributed by atoms with Gasteiger partial charge in [-0.05, 0) is 27.7 Å². The molecule has 0 unspecified atom stereocenters. The second kappa shape index (κ2) is 5.83. The highest BCUT2D eigenvalue weighted by Gasteiger charge is 2.28. The molecular formula is C12H21N5OS. The molecule has 2 heterocycles. The minimum atomic E-state index is -0.0774. The summed E-state index contributed by atoms with van der Waals surface area (Å²) in [7, 11) is 0. The fourth-order valence-electron chi connectivity index (χ4n) is 2.44. The molecule has 19 heavy (non-hydrogen) atoms. The molecule has 0 aliphatic carbocycles. The first kappa shape index (κ1) is 14.2. The van der Waals surface area contributed by atoms with Crippen LogP contribution in [0.15, 0.2) is 0 Å². The molecule has 7 heteroatoms. The summed E-state index contributed by atoms with van der Waals surface area (Å²) >= 11 is 1.40. The number of carbonyl (C=O) groups excluding carboxylic acids is 1. The number of aromatic nitrogens is 2. The van der Waals surface area contributed by atoms with Gasteiger partial charge in [0.15, 0.2) is 0 Å². The van der Waals surface area contributed by atoms with E-state index in [4.69, 9.17) is 0 Å². The number of nitrogens with zero attached hydrogens (tertiary/aromatic N) is 4. The van der Waals surface area contributed by atoms with Crippen LogP contribution >= 0.6 is 11.3 Å². The van der Waals surface area contributed by atoms with Crippen molar-refractivity contribution in [1.82, 2.24) is 20.0 Å². The van der Waals surface area contributed by atoms with E-state index in [0.717, 1.165) is 24.6 Å². The van der Waals surface area contributed by atoms with Crippen molar-refractivity contribution in [3.63, 3.8) is 0 Å². The molecule has 1 aliphatic heterocycles. The predicted molar refractivity (Wildman–Crippen MR) is 76.5 cm³/mol. The predicted octanol–water partition coefficient (Wildman–Crippen LogP) is 1.79. The first-order valence-corrected chi connectivity index (χ1v) is 7.41. The van der Waals surface area contributed by atoms with Crippen molar-refractivity contribution in [3.05, 3.63) is 5.01 Å².